The largest absolute Gasteiger partial charge is 0.324 e. The number of likely N-dealkylation sites (tertiary alicyclic amines) is 1. The molecule has 0 spiro atoms. The molecule has 0 radical (unpaired) electrons. The first-order valence-corrected chi connectivity index (χ1v) is 11.8. The molecule has 3 aliphatic rings. The van der Waals surface area contributed by atoms with Gasteiger partial charge in [-0.3, -0.25) is 0 Å². The smallest absolute Gasteiger partial charge is 0.114 e. The van der Waals surface area contributed by atoms with Gasteiger partial charge in [0.1, 0.15) is 5.82 Å². The van der Waals surface area contributed by atoms with E-state index in [0.29, 0.717) is 12.0 Å². The van der Waals surface area contributed by atoms with Gasteiger partial charge in [-0.2, -0.15) is 0 Å². The van der Waals surface area contributed by atoms with Gasteiger partial charge < -0.3 is 14.8 Å². The second-order valence-corrected chi connectivity index (χ2v) is 9.41. The van der Waals surface area contributed by atoms with E-state index in [4.69, 9.17) is 4.98 Å². The second kappa shape index (κ2) is 8.54. The predicted molar refractivity (Wildman–Crippen MR) is 116 cm³/mol. The number of fused-ring (bicyclic) bond motifs is 1. The van der Waals surface area contributed by atoms with Crippen molar-refractivity contribution in [3.63, 3.8) is 0 Å². The maximum Gasteiger partial charge on any atom is 0.114 e. The van der Waals surface area contributed by atoms with Crippen molar-refractivity contribution in [2.24, 2.45) is 5.92 Å². The van der Waals surface area contributed by atoms with Crippen molar-refractivity contribution in [2.75, 3.05) is 32.7 Å². The van der Waals surface area contributed by atoms with Gasteiger partial charge in [0.2, 0.25) is 0 Å². The van der Waals surface area contributed by atoms with E-state index in [1.54, 1.807) is 0 Å². The number of hydrogen-bond acceptors (Lipinski definition) is 3. The van der Waals surface area contributed by atoms with Crippen LogP contribution in [0.2, 0.25) is 0 Å². The van der Waals surface area contributed by atoms with Crippen molar-refractivity contribution >= 4 is 11.0 Å². The lowest BCUT2D eigenvalue weighted by molar-refractivity contribution is 0.156. The third-order valence-electron chi connectivity index (χ3n) is 7.46. The molecule has 2 aliphatic heterocycles. The lowest BCUT2D eigenvalue weighted by Gasteiger charge is -2.35. The van der Waals surface area contributed by atoms with E-state index in [1.807, 2.05) is 0 Å². The highest BCUT2D eigenvalue weighted by atomic mass is 15.2. The normalized spacial score (nSPS) is 26.1. The Hall–Kier alpha value is -1.39. The standard InChI is InChI=1S/C24H36N4/c1-2-4-8-19(7-3-1)18-27-15-12-21(13-16-27)28-23-10-6-5-9-22(23)26-24(28)20-11-14-25-17-20/h5-6,9-10,19-21,25H,1-4,7-8,11-18H2. The van der Waals surface area contributed by atoms with Crippen LogP contribution in [0.4, 0.5) is 0 Å². The van der Waals surface area contributed by atoms with Crippen molar-refractivity contribution in [3.8, 4) is 0 Å². The molecule has 1 N–H and O–H groups in total. The van der Waals surface area contributed by atoms with Gasteiger partial charge in [-0.25, -0.2) is 4.98 Å². The molecule has 1 aromatic carbocycles. The van der Waals surface area contributed by atoms with Crippen LogP contribution in [0.1, 0.15) is 75.6 Å². The summed E-state index contributed by atoms with van der Waals surface area (Å²) in [6.45, 7) is 6.08. The van der Waals surface area contributed by atoms with Crippen LogP contribution in [0.5, 0.6) is 0 Å². The molecule has 2 saturated heterocycles. The van der Waals surface area contributed by atoms with Gasteiger partial charge in [-0.05, 0) is 56.7 Å². The summed E-state index contributed by atoms with van der Waals surface area (Å²) in [5.74, 6) is 2.87. The molecule has 5 rings (SSSR count). The van der Waals surface area contributed by atoms with E-state index in [9.17, 15) is 0 Å². The number of nitrogens with one attached hydrogen (secondary N) is 1. The molecular weight excluding hydrogens is 344 g/mol. The summed E-state index contributed by atoms with van der Waals surface area (Å²) in [5.41, 5.74) is 2.54. The molecule has 1 aromatic heterocycles. The molecule has 1 saturated carbocycles. The Morgan fingerprint density at radius 2 is 1.71 bits per heavy atom. The summed E-state index contributed by atoms with van der Waals surface area (Å²) in [4.78, 5) is 7.87. The zero-order valence-corrected chi connectivity index (χ0v) is 17.3. The van der Waals surface area contributed by atoms with Crippen molar-refractivity contribution in [1.82, 2.24) is 19.8 Å². The molecule has 1 aliphatic carbocycles. The second-order valence-electron chi connectivity index (χ2n) is 9.41. The number of para-hydroxylation sites is 2. The Morgan fingerprint density at radius 1 is 0.929 bits per heavy atom. The lowest BCUT2D eigenvalue weighted by atomic mass is 9.97. The molecule has 3 fully saturated rings. The summed E-state index contributed by atoms with van der Waals surface area (Å²) in [5, 5.41) is 3.54. The highest BCUT2D eigenvalue weighted by molar-refractivity contribution is 5.76. The summed E-state index contributed by atoms with van der Waals surface area (Å²) < 4.78 is 2.63. The zero-order chi connectivity index (χ0) is 18.8. The molecule has 152 valence electrons. The Bertz CT molecular complexity index is 760. The maximum atomic E-state index is 5.10. The van der Waals surface area contributed by atoms with E-state index in [-0.39, 0.29) is 0 Å². The van der Waals surface area contributed by atoms with Crippen molar-refractivity contribution < 1.29 is 0 Å². The summed E-state index contributed by atoms with van der Waals surface area (Å²) in [6.07, 6.45) is 12.6. The zero-order valence-electron chi connectivity index (χ0n) is 17.3. The summed E-state index contributed by atoms with van der Waals surface area (Å²) in [7, 11) is 0. The van der Waals surface area contributed by atoms with Crippen LogP contribution in [0, 0.1) is 5.92 Å². The van der Waals surface area contributed by atoms with E-state index >= 15 is 0 Å². The van der Waals surface area contributed by atoms with E-state index < -0.39 is 0 Å². The maximum absolute atomic E-state index is 5.10. The minimum atomic E-state index is 0.580. The first-order chi connectivity index (χ1) is 13.9. The van der Waals surface area contributed by atoms with Crippen molar-refractivity contribution in [1.29, 1.82) is 0 Å². The quantitative estimate of drug-likeness (QED) is 0.779. The Morgan fingerprint density at radius 3 is 2.46 bits per heavy atom. The topological polar surface area (TPSA) is 33.1 Å². The van der Waals surface area contributed by atoms with Crippen LogP contribution < -0.4 is 5.32 Å². The van der Waals surface area contributed by atoms with Gasteiger partial charge in [0.05, 0.1) is 11.0 Å². The number of nitrogens with zero attached hydrogens (tertiary/aromatic N) is 3. The van der Waals surface area contributed by atoms with Gasteiger partial charge in [-0.1, -0.05) is 37.8 Å². The summed E-state index contributed by atoms with van der Waals surface area (Å²) >= 11 is 0. The molecule has 4 heteroatoms. The fourth-order valence-corrected chi connectivity index (χ4v) is 5.88. The minimum absolute atomic E-state index is 0.580. The number of benzene rings is 1. The van der Waals surface area contributed by atoms with Gasteiger partial charge in [-0.15, -0.1) is 0 Å². The number of piperidine rings is 1. The van der Waals surface area contributed by atoms with Crippen LogP contribution in [-0.4, -0.2) is 47.2 Å². The van der Waals surface area contributed by atoms with E-state index in [0.717, 1.165) is 19.0 Å². The van der Waals surface area contributed by atoms with Crippen LogP contribution in [0.15, 0.2) is 24.3 Å². The first-order valence-electron chi connectivity index (χ1n) is 11.8. The molecule has 0 bridgehead atoms. The van der Waals surface area contributed by atoms with Crippen LogP contribution in [0.25, 0.3) is 11.0 Å². The minimum Gasteiger partial charge on any atom is -0.324 e. The van der Waals surface area contributed by atoms with Crippen LogP contribution in [-0.2, 0) is 0 Å². The number of hydrogen-bond donors (Lipinski definition) is 1. The fraction of sp³-hybridized carbons (Fsp3) is 0.708. The molecule has 2 aromatic rings. The van der Waals surface area contributed by atoms with Gasteiger partial charge in [0.15, 0.2) is 0 Å². The van der Waals surface area contributed by atoms with Gasteiger partial charge in [0.25, 0.3) is 0 Å². The monoisotopic (exact) mass is 380 g/mol. The molecule has 1 unspecified atom stereocenters. The van der Waals surface area contributed by atoms with Crippen LogP contribution in [0.3, 0.4) is 0 Å². The highest BCUT2D eigenvalue weighted by Gasteiger charge is 2.29. The average Bonchev–Trinajstić information content (AvgIpc) is 3.31. The number of rotatable bonds is 4. The first kappa shape index (κ1) is 18.6. The number of aromatic nitrogens is 2. The van der Waals surface area contributed by atoms with Gasteiger partial charge >= 0.3 is 0 Å². The van der Waals surface area contributed by atoms with E-state index in [1.165, 1.54) is 94.3 Å². The lowest BCUT2D eigenvalue weighted by Crippen LogP contribution is -2.38. The molecule has 1 atom stereocenters. The highest BCUT2D eigenvalue weighted by Crippen LogP contribution is 2.34. The third-order valence-corrected chi connectivity index (χ3v) is 7.46. The molecule has 0 amide bonds. The predicted octanol–water partition coefficient (Wildman–Crippen LogP) is 4.72. The SMILES string of the molecule is c1ccc2c(c1)nc(C1CCNC1)n2C1CCN(CC2CCCCCC2)CC1. The van der Waals surface area contributed by atoms with Crippen molar-refractivity contribution in [3.05, 3.63) is 30.1 Å². The molecule has 4 nitrogen and oxygen atoms in total. The molecule has 3 heterocycles. The Kier molecular flexibility index (Phi) is 5.68. The fourth-order valence-electron chi connectivity index (χ4n) is 5.88. The Labute approximate surface area is 169 Å². The van der Waals surface area contributed by atoms with Crippen molar-refractivity contribution in [2.45, 2.75) is 69.7 Å². The van der Waals surface area contributed by atoms with E-state index in [2.05, 4.69) is 39.0 Å². The third kappa shape index (κ3) is 3.86. The summed E-state index contributed by atoms with van der Waals surface area (Å²) in [6, 6.07) is 9.41. The number of imidazole rings is 1. The molecular formula is C24H36N4. The van der Waals surface area contributed by atoms with Crippen LogP contribution >= 0.6 is 0 Å². The van der Waals surface area contributed by atoms with Gasteiger partial charge in [0, 0.05) is 38.1 Å². The Balaban J connectivity index is 1.30. The molecule has 28 heavy (non-hydrogen) atoms. The average molecular weight is 381 g/mol.